The lowest BCUT2D eigenvalue weighted by Crippen LogP contribution is -2.33. The lowest BCUT2D eigenvalue weighted by Gasteiger charge is -2.15. The van der Waals surface area contributed by atoms with Gasteiger partial charge in [-0.1, -0.05) is 32.0 Å². The second-order valence-corrected chi connectivity index (χ2v) is 7.44. The summed E-state index contributed by atoms with van der Waals surface area (Å²) in [5.74, 6) is 1.47. The van der Waals surface area contributed by atoms with Crippen molar-refractivity contribution in [2.24, 2.45) is 5.92 Å². The summed E-state index contributed by atoms with van der Waals surface area (Å²) in [7, 11) is 0. The first-order valence-corrected chi connectivity index (χ1v) is 10.9. The first-order valence-electron chi connectivity index (χ1n) is 10.9. The van der Waals surface area contributed by atoms with Gasteiger partial charge in [0.15, 0.2) is 0 Å². The third kappa shape index (κ3) is 7.40. The molecule has 3 rings (SSSR count). The summed E-state index contributed by atoms with van der Waals surface area (Å²) in [6.45, 7) is 11.1. The van der Waals surface area contributed by atoms with E-state index in [1.54, 1.807) is 24.3 Å². The van der Waals surface area contributed by atoms with Crippen molar-refractivity contribution in [2.45, 2.75) is 34.1 Å². The van der Waals surface area contributed by atoms with Crippen LogP contribution in [-0.2, 0) is 4.74 Å². The minimum Gasteiger partial charge on any atom is -0.493 e. The van der Waals surface area contributed by atoms with Crippen LogP contribution < -0.4 is 9.47 Å². The SMILES string of the molecule is CC(C)CCOc1cccc(OCCN2C(=O)c3ccccc3C2=O)c1.CCOCC. The molecule has 0 radical (unpaired) electrons. The molecule has 31 heavy (non-hydrogen) atoms. The van der Waals surface area contributed by atoms with Gasteiger partial charge in [-0.15, -0.1) is 0 Å². The maximum absolute atomic E-state index is 12.3. The molecule has 2 aromatic rings. The number of nitrogens with zero attached hydrogens (tertiary/aromatic N) is 1. The predicted molar refractivity (Wildman–Crippen MR) is 121 cm³/mol. The van der Waals surface area contributed by atoms with Crippen molar-refractivity contribution in [3.05, 3.63) is 59.7 Å². The third-order valence-electron chi connectivity index (χ3n) is 4.64. The molecule has 1 aliphatic heterocycles. The van der Waals surface area contributed by atoms with Gasteiger partial charge in [0.05, 0.1) is 24.3 Å². The molecule has 0 atom stereocenters. The predicted octanol–water partition coefficient (Wildman–Crippen LogP) is 4.83. The summed E-state index contributed by atoms with van der Waals surface area (Å²) < 4.78 is 16.3. The second-order valence-electron chi connectivity index (χ2n) is 7.44. The van der Waals surface area contributed by atoms with Gasteiger partial charge in [-0.2, -0.15) is 0 Å². The van der Waals surface area contributed by atoms with E-state index in [0.29, 0.717) is 29.4 Å². The van der Waals surface area contributed by atoms with Crippen LogP contribution in [0.5, 0.6) is 11.5 Å². The summed E-state index contributed by atoms with van der Waals surface area (Å²) in [5.41, 5.74) is 0.913. The number of amides is 2. The molecule has 1 aliphatic rings. The largest absolute Gasteiger partial charge is 0.493 e. The quantitative estimate of drug-likeness (QED) is 0.508. The Kier molecular flexibility index (Phi) is 10.0. The number of hydrogen-bond donors (Lipinski definition) is 0. The molecule has 0 aliphatic carbocycles. The number of fused-ring (bicyclic) bond motifs is 1. The molecule has 0 fully saturated rings. The maximum Gasteiger partial charge on any atom is 0.261 e. The van der Waals surface area contributed by atoms with E-state index in [9.17, 15) is 9.59 Å². The van der Waals surface area contributed by atoms with Crippen molar-refractivity contribution >= 4 is 11.8 Å². The number of ether oxygens (including phenoxy) is 3. The topological polar surface area (TPSA) is 65.1 Å². The van der Waals surface area contributed by atoms with E-state index in [-0.39, 0.29) is 25.0 Å². The molecule has 0 saturated carbocycles. The first-order chi connectivity index (χ1) is 15.0. The van der Waals surface area contributed by atoms with Crippen LogP contribution in [0, 0.1) is 5.92 Å². The Hall–Kier alpha value is -2.86. The van der Waals surface area contributed by atoms with Crippen LogP contribution in [0.2, 0.25) is 0 Å². The van der Waals surface area contributed by atoms with Gasteiger partial charge in [0.25, 0.3) is 11.8 Å². The summed E-state index contributed by atoms with van der Waals surface area (Å²) in [6.07, 6.45) is 0.991. The Morgan fingerprint density at radius 1 is 0.806 bits per heavy atom. The van der Waals surface area contributed by atoms with E-state index in [0.717, 1.165) is 25.4 Å². The minimum absolute atomic E-state index is 0.213. The lowest BCUT2D eigenvalue weighted by atomic mass is 10.1. The van der Waals surface area contributed by atoms with Crippen LogP contribution in [0.3, 0.4) is 0 Å². The molecule has 6 heteroatoms. The average Bonchev–Trinajstić information content (AvgIpc) is 3.00. The molecule has 0 aromatic heterocycles. The monoisotopic (exact) mass is 427 g/mol. The van der Waals surface area contributed by atoms with Crippen molar-refractivity contribution in [1.82, 2.24) is 4.90 Å². The molecule has 0 unspecified atom stereocenters. The van der Waals surface area contributed by atoms with Crippen LogP contribution in [0.1, 0.15) is 54.8 Å². The van der Waals surface area contributed by atoms with E-state index in [1.165, 1.54) is 4.90 Å². The van der Waals surface area contributed by atoms with Crippen molar-refractivity contribution in [2.75, 3.05) is 33.0 Å². The van der Waals surface area contributed by atoms with Crippen molar-refractivity contribution in [3.63, 3.8) is 0 Å². The fraction of sp³-hybridized carbons (Fsp3) is 0.440. The fourth-order valence-corrected chi connectivity index (χ4v) is 2.97. The Morgan fingerprint density at radius 3 is 1.84 bits per heavy atom. The molecule has 6 nitrogen and oxygen atoms in total. The van der Waals surface area contributed by atoms with Gasteiger partial charge < -0.3 is 14.2 Å². The van der Waals surface area contributed by atoms with Crippen LogP contribution in [0.25, 0.3) is 0 Å². The summed E-state index contributed by atoms with van der Waals surface area (Å²) >= 11 is 0. The molecule has 168 valence electrons. The zero-order chi connectivity index (χ0) is 22.6. The highest BCUT2D eigenvalue weighted by Gasteiger charge is 2.34. The fourth-order valence-electron chi connectivity index (χ4n) is 2.97. The molecule has 0 N–H and O–H groups in total. The number of hydrogen-bond acceptors (Lipinski definition) is 5. The smallest absolute Gasteiger partial charge is 0.261 e. The minimum atomic E-state index is -0.264. The molecule has 2 amide bonds. The average molecular weight is 428 g/mol. The summed E-state index contributed by atoms with van der Waals surface area (Å²) in [6, 6.07) is 14.3. The van der Waals surface area contributed by atoms with Gasteiger partial charge in [-0.3, -0.25) is 14.5 Å². The van der Waals surface area contributed by atoms with Gasteiger partial charge in [0.2, 0.25) is 0 Å². The molecular formula is C25H33NO5. The van der Waals surface area contributed by atoms with E-state index >= 15 is 0 Å². The van der Waals surface area contributed by atoms with Crippen LogP contribution >= 0.6 is 0 Å². The highest BCUT2D eigenvalue weighted by atomic mass is 16.5. The number of rotatable bonds is 10. The van der Waals surface area contributed by atoms with Gasteiger partial charge in [-0.25, -0.2) is 0 Å². The molecule has 2 aromatic carbocycles. The summed E-state index contributed by atoms with van der Waals surface area (Å²) in [5, 5.41) is 0. The standard InChI is InChI=1S/C21H23NO4.C4H10O/c1-15(2)10-12-25-16-6-5-7-17(14-16)26-13-11-22-20(23)18-8-3-4-9-19(18)21(22)24;1-3-5-4-2/h3-9,14-15H,10-13H2,1-2H3;3-4H2,1-2H3. The van der Waals surface area contributed by atoms with Crippen LogP contribution in [-0.4, -0.2) is 49.7 Å². The Morgan fingerprint density at radius 2 is 1.35 bits per heavy atom. The normalized spacial score (nSPS) is 12.5. The molecule has 0 saturated heterocycles. The van der Waals surface area contributed by atoms with Gasteiger partial charge in [0.1, 0.15) is 18.1 Å². The van der Waals surface area contributed by atoms with Gasteiger partial charge in [0, 0.05) is 19.3 Å². The number of imide groups is 1. The Balaban J connectivity index is 0.000000614. The van der Waals surface area contributed by atoms with Crippen LogP contribution in [0.15, 0.2) is 48.5 Å². The zero-order valence-electron chi connectivity index (χ0n) is 18.9. The van der Waals surface area contributed by atoms with Crippen molar-refractivity contribution in [1.29, 1.82) is 0 Å². The molecular weight excluding hydrogens is 394 g/mol. The molecule has 0 bridgehead atoms. The van der Waals surface area contributed by atoms with E-state index in [4.69, 9.17) is 14.2 Å². The lowest BCUT2D eigenvalue weighted by molar-refractivity contribution is 0.0631. The number of carbonyl (C=O) groups excluding carboxylic acids is 2. The highest BCUT2D eigenvalue weighted by molar-refractivity contribution is 6.21. The van der Waals surface area contributed by atoms with Crippen LogP contribution in [0.4, 0.5) is 0 Å². The first kappa shape index (κ1) is 24.4. The van der Waals surface area contributed by atoms with Crippen molar-refractivity contribution in [3.8, 4) is 11.5 Å². The zero-order valence-corrected chi connectivity index (χ0v) is 18.9. The molecule has 0 spiro atoms. The maximum atomic E-state index is 12.3. The summed E-state index contributed by atoms with van der Waals surface area (Å²) in [4.78, 5) is 25.8. The van der Waals surface area contributed by atoms with Crippen molar-refractivity contribution < 1.29 is 23.8 Å². The number of benzene rings is 2. The van der Waals surface area contributed by atoms with E-state index in [2.05, 4.69) is 13.8 Å². The van der Waals surface area contributed by atoms with Gasteiger partial charge >= 0.3 is 0 Å². The second kappa shape index (κ2) is 12.7. The number of carbonyl (C=O) groups is 2. The molecule has 1 heterocycles. The van der Waals surface area contributed by atoms with E-state index < -0.39 is 0 Å². The third-order valence-corrected chi connectivity index (χ3v) is 4.64. The Labute approximate surface area is 185 Å². The van der Waals surface area contributed by atoms with Gasteiger partial charge in [-0.05, 0) is 50.5 Å². The Bertz CT molecular complexity index is 812. The highest BCUT2D eigenvalue weighted by Crippen LogP contribution is 2.23. The van der Waals surface area contributed by atoms with E-state index in [1.807, 2.05) is 38.1 Å².